The summed E-state index contributed by atoms with van der Waals surface area (Å²) in [5.41, 5.74) is 2.19. The van der Waals surface area contributed by atoms with Gasteiger partial charge in [-0.2, -0.15) is 0 Å². The molecule has 18 heavy (non-hydrogen) atoms. The van der Waals surface area contributed by atoms with Crippen molar-refractivity contribution < 1.29 is 9.53 Å². The molecule has 0 aliphatic rings. The van der Waals surface area contributed by atoms with E-state index in [1.807, 2.05) is 60.7 Å². The molecule has 0 spiro atoms. The summed E-state index contributed by atoms with van der Waals surface area (Å²) in [6.45, 7) is 0.469. The Labute approximate surface area is 107 Å². The number of benzene rings is 2. The van der Waals surface area contributed by atoms with Gasteiger partial charge in [-0.3, -0.25) is 0 Å². The Bertz CT molecular complexity index is 465. The molecule has 2 rings (SSSR count). The third kappa shape index (κ3) is 3.82. The van der Waals surface area contributed by atoms with Crippen LogP contribution < -0.4 is 0 Å². The highest BCUT2D eigenvalue weighted by Gasteiger charge is 2.08. The summed E-state index contributed by atoms with van der Waals surface area (Å²) in [5, 5.41) is 0. The number of carbonyl (C=O) groups is 1. The first kappa shape index (κ1) is 12.5. The zero-order chi connectivity index (χ0) is 12.6. The van der Waals surface area contributed by atoms with E-state index in [0.29, 0.717) is 13.0 Å². The van der Waals surface area contributed by atoms with Crippen LogP contribution in [0.25, 0.3) is 0 Å². The molecule has 0 heterocycles. The highest BCUT2D eigenvalue weighted by atomic mass is 16.5. The van der Waals surface area contributed by atoms with Crippen molar-refractivity contribution in [2.45, 2.75) is 19.1 Å². The van der Waals surface area contributed by atoms with Crippen molar-refractivity contribution in [3.05, 3.63) is 71.8 Å². The molecule has 0 aliphatic heterocycles. The van der Waals surface area contributed by atoms with Crippen molar-refractivity contribution in [2.75, 3.05) is 0 Å². The van der Waals surface area contributed by atoms with Crippen molar-refractivity contribution in [1.29, 1.82) is 0 Å². The maximum Gasteiger partial charge on any atom is 0.149 e. The molecule has 0 saturated carbocycles. The van der Waals surface area contributed by atoms with E-state index in [4.69, 9.17) is 4.74 Å². The Kier molecular flexibility index (Phi) is 4.68. The fourth-order valence-corrected chi connectivity index (χ4v) is 1.77. The van der Waals surface area contributed by atoms with E-state index in [2.05, 4.69) is 0 Å². The molecule has 1 unspecified atom stereocenters. The van der Waals surface area contributed by atoms with Gasteiger partial charge < -0.3 is 9.53 Å². The molecule has 0 fully saturated rings. The van der Waals surface area contributed by atoms with Crippen molar-refractivity contribution in [3.63, 3.8) is 0 Å². The predicted molar refractivity (Wildman–Crippen MR) is 71.2 cm³/mol. The van der Waals surface area contributed by atoms with Gasteiger partial charge >= 0.3 is 0 Å². The van der Waals surface area contributed by atoms with Gasteiger partial charge in [0.2, 0.25) is 0 Å². The molecule has 0 aromatic heterocycles. The number of ether oxygens (including phenoxy) is 1. The van der Waals surface area contributed by atoms with Crippen LogP contribution in [0.5, 0.6) is 0 Å². The number of hydrogen-bond donors (Lipinski definition) is 0. The zero-order valence-electron chi connectivity index (χ0n) is 10.2. The van der Waals surface area contributed by atoms with E-state index < -0.39 is 0 Å². The van der Waals surface area contributed by atoms with Crippen molar-refractivity contribution in [1.82, 2.24) is 0 Å². The van der Waals surface area contributed by atoms with Crippen LogP contribution in [0, 0.1) is 0 Å². The SMILES string of the molecule is O=CC(Cc1ccccc1)OCc1ccccc1. The average Bonchev–Trinajstić information content (AvgIpc) is 2.45. The molecule has 92 valence electrons. The topological polar surface area (TPSA) is 26.3 Å². The fourth-order valence-electron chi connectivity index (χ4n) is 1.77. The Balaban J connectivity index is 1.88. The highest BCUT2D eigenvalue weighted by molar-refractivity contribution is 5.56. The van der Waals surface area contributed by atoms with Crippen LogP contribution in [0.4, 0.5) is 0 Å². The van der Waals surface area contributed by atoms with Gasteiger partial charge in [0, 0.05) is 6.42 Å². The zero-order valence-corrected chi connectivity index (χ0v) is 10.2. The summed E-state index contributed by atoms with van der Waals surface area (Å²) in [6, 6.07) is 19.8. The van der Waals surface area contributed by atoms with E-state index in [0.717, 1.165) is 17.4 Å². The fraction of sp³-hybridized carbons (Fsp3) is 0.188. The van der Waals surface area contributed by atoms with Gasteiger partial charge in [0.15, 0.2) is 0 Å². The Morgan fingerprint density at radius 3 is 2.00 bits per heavy atom. The molecule has 0 N–H and O–H groups in total. The standard InChI is InChI=1S/C16H16O2/c17-12-16(11-14-7-3-1-4-8-14)18-13-15-9-5-2-6-10-15/h1-10,12,16H,11,13H2. The van der Waals surface area contributed by atoms with Gasteiger partial charge in [-0.05, 0) is 11.1 Å². The van der Waals surface area contributed by atoms with Crippen LogP contribution in [0.15, 0.2) is 60.7 Å². The van der Waals surface area contributed by atoms with Gasteiger partial charge in [0.1, 0.15) is 12.4 Å². The molecular weight excluding hydrogens is 224 g/mol. The summed E-state index contributed by atoms with van der Waals surface area (Å²) >= 11 is 0. The molecule has 0 radical (unpaired) electrons. The quantitative estimate of drug-likeness (QED) is 0.725. The lowest BCUT2D eigenvalue weighted by molar-refractivity contribution is -0.118. The Hall–Kier alpha value is -1.93. The first-order valence-corrected chi connectivity index (χ1v) is 6.03. The lowest BCUT2D eigenvalue weighted by Gasteiger charge is -2.12. The summed E-state index contributed by atoms with van der Waals surface area (Å²) in [4.78, 5) is 11.0. The van der Waals surface area contributed by atoms with Crippen LogP contribution >= 0.6 is 0 Å². The molecule has 0 bridgehead atoms. The summed E-state index contributed by atoms with van der Waals surface area (Å²) in [7, 11) is 0. The molecule has 0 saturated heterocycles. The van der Waals surface area contributed by atoms with Crippen LogP contribution in [-0.4, -0.2) is 12.4 Å². The second-order valence-electron chi connectivity index (χ2n) is 4.16. The minimum atomic E-state index is -0.382. The molecule has 0 amide bonds. The predicted octanol–water partition coefficient (Wildman–Crippen LogP) is 3.01. The third-order valence-corrected chi connectivity index (χ3v) is 2.74. The molecule has 1 atom stereocenters. The van der Waals surface area contributed by atoms with Crippen LogP contribution in [0.2, 0.25) is 0 Å². The van der Waals surface area contributed by atoms with Gasteiger partial charge in [-0.1, -0.05) is 60.7 Å². The number of hydrogen-bond acceptors (Lipinski definition) is 2. The largest absolute Gasteiger partial charge is 0.366 e. The second kappa shape index (κ2) is 6.72. The monoisotopic (exact) mass is 240 g/mol. The molecule has 2 nitrogen and oxygen atoms in total. The summed E-state index contributed by atoms with van der Waals surface area (Å²) in [6.07, 6.45) is 1.11. The van der Waals surface area contributed by atoms with Crippen LogP contribution in [-0.2, 0) is 22.6 Å². The summed E-state index contributed by atoms with van der Waals surface area (Å²) in [5.74, 6) is 0. The molecule has 0 aliphatic carbocycles. The number of carbonyl (C=O) groups excluding carboxylic acids is 1. The van der Waals surface area contributed by atoms with Crippen molar-refractivity contribution in [3.8, 4) is 0 Å². The minimum Gasteiger partial charge on any atom is -0.366 e. The van der Waals surface area contributed by atoms with Gasteiger partial charge in [0.05, 0.1) is 6.61 Å². The van der Waals surface area contributed by atoms with Crippen LogP contribution in [0.3, 0.4) is 0 Å². The second-order valence-corrected chi connectivity index (χ2v) is 4.16. The average molecular weight is 240 g/mol. The maximum atomic E-state index is 11.0. The molecule has 2 heteroatoms. The molecule has 2 aromatic rings. The van der Waals surface area contributed by atoms with Gasteiger partial charge in [0.25, 0.3) is 0 Å². The van der Waals surface area contributed by atoms with E-state index in [-0.39, 0.29) is 6.10 Å². The lowest BCUT2D eigenvalue weighted by atomic mass is 10.1. The smallest absolute Gasteiger partial charge is 0.149 e. The van der Waals surface area contributed by atoms with Crippen LogP contribution in [0.1, 0.15) is 11.1 Å². The van der Waals surface area contributed by atoms with Crippen molar-refractivity contribution >= 4 is 6.29 Å². The molecule has 2 aromatic carbocycles. The lowest BCUT2D eigenvalue weighted by Crippen LogP contribution is -2.17. The van der Waals surface area contributed by atoms with E-state index >= 15 is 0 Å². The van der Waals surface area contributed by atoms with Gasteiger partial charge in [-0.25, -0.2) is 0 Å². The van der Waals surface area contributed by atoms with E-state index in [1.165, 1.54) is 0 Å². The highest BCUT2D eigenvalue weighted by Crippen LogP contribution is 2.08. The minimum absolute atomic E-state index is 0.382. The van der Waals surface area contributed by atoms with Crippen molar-refractivity contribution in [2.24, 2.45) is 0 Å². The Morgan fingerprint density at radius 1 is 0.889 bits per heavy atom. The first-order valence-electron chi connectivity index (χ1n) is 6.03. The normalized spacial score (nSPS) is 12.0. The maximum absolute atomic E-state index is 11.0. The third-order valence-electron chi connectivity index (χ3n) is 2.74. The van der Waals surface area contributed by atoms with E-state index in [9.17, 15) is 4.79 Å². The molecular formula is C16H16O2. The number of aldehydes is 1. The van der Waals surface area contributed by atoms with Gasteiger partial charge in [-0.15, -0.1) is 0 Å². The first-order chi connectivity index (χ1) is 8.88. The van der Waals surface area contributed by atoms with E-state index in [1.54, 1.807) is 0 Å². The Morgan fingerprint density at radius 2 is 1.44 bits per heavy atom. The number of rotatable bonds is 6. The summed E-state index contributed by atoms with van der Waals surface area (Å²) < 4.78 is 5.61.